The van der Waals surface area contributed by atoms with E-state index >= 15 is 0 Å². The molecule has 11 rings (SSSR count). The van der Waals surface area contributed by atoms with Crippen molar-refractivity contribution in [3.63, 3.8) is 0 Å². The van der Waals surface area contributed by atoms with Gasteiger partial charge in [0.25, 0.3) is 0 Å². The normalized spacial score (nSPS) is 11.8. The first-order valence-corrected chi connectivity index (χ1v) is 18.0. The quantitative estimate of drug-likeness (QED) is 0.182. The van der Waals surface area contributed by atoms with E-state index in [0.717, 1.165) is 39.0 Å². The van der Waals surface area contributed by atoms with Gasteiger partial charge in [0.15, 0.2) is 17.5 Å². The maximum absolute atomic E-state index is 5.19. The predicted molar refractivity (Wildman–Crippen MR) is 218 cm³/mol. The predicted octanol–water partition coefficient (Wildman–Crippen LogP) is 12.4. The van der Waals surface area contributed by atoms with Crippen LogP contribution in [0.3, 0.4) is 0 Å². The van der Waals surface area contributed by atoms with Crippen LogP contribution in [-0.4, -0.2) is 19.5 Å². The third-order valence-electron chi connectivity index (χ3n) is 10.6. The summed E-state index contributed by atoms with van der Waals surface area (Å²) in [5.41, 5.74) is 13.6. The Labute approximate surface area is 306 Å². The highest BCUT2D eigenvalue weighted by Gasteiger charge is 2.22. The summed E-state index contributed by atoms with van der Waals surface area (Å²) in [4.78, 5) is 15.4. The van der Waals surface area contributed by atoms with Gasteiger partial charge in [-0.05, 0) is 74.5 Å². The number of rotatable bonds is 5. The van der Waals surface area contributed by atoms with Crippen LogP contribution in [0, 0.1) is 0 Å². The Balaban J connectivity index is 1.04. The van der Waals surface area contributed by atoms with Gasteiger partial charge in [-0.3, -0.25) is 0 Å². The number of nitrogens with zero attached hydrogens (tertiary/aromatic N) is 4. The Morgan fingerprint density at radius 1 is 0.321 bits per heavy atom. The van der Waals surface area contributed by atoms with Crippen molar-refractivity contribution in [3.8, 4) is 73.2 Å². The van der Waals surface area contributed by atoms with Crippen molar-refractivity contribution in [3.05, 3.63) is 182 Å². The Morgan fingerprint density at radius 2 is 0.849 bits per heavy atom. The molecule has 2 heterocycles. The van der Waals surface area contributed by atoms with Crippen LogP contribution in [0.5, 0.6) is 0 Å². The molecule has 0 atom stereocenters. The van der Waals surface area contributed by atoms with Gasteiger partial charge in [0.05, 0.1) is 16.7 Å². The van der Waals surface area contributed by atoms with Crippen molar-refractivity contribution in [1.82, 2.24) is 19.5 Å². The van der Waals surface area contributed by atoms with E-state index < -0.39 is 0 Å². The van der Waals surface area contributed by atoms with Crippen LogP contribution in [0.1, 0.15) is 0 Å². The lowest BCUT2D eigenvalue weighted by Gasteiger charge is -2.14. The Kier molecular flexibility index (Phi) is 6.52. The largest absolute Gasteiger partial charge is 0.309 e. The minimum Gasteiger partial charge on any atom is -0.309 e. The fourth-order valence-electron chi connectivity index (χ4n) is 8.16. The van der Waals surface area contributed by atoms with E-state index in [9.17, 15) is 0 Å². The number of hydrogen-bond donors (Lipinski definition) is 0. The fraction of sp³-hybridized carbons (Fsp3) is 0. The molecular formula is C49H30N4. The van der Waals surface area contributed by atoms with Crippen LogP contribution in [0.15, 0.2) is 182 Å². The van der Waals surface area contributed by atoms with Gasteiger partial charge >= 0.3 is 0 Å². The molecule has 0 aliphatic heterocycles. The molecule has 10 aromatic rings. The van der Waals surface area contributed by atoms with Crippen molar-refractivity contribution in [2.24, 2.45) is 0 Å². The molecule has 0 saturated carbocycles. The average Bonchev–Trinajstić information content (AvgIpc) is 3.74. The van der Waals surface area contributed by atoms with Crippen molar-refractivity contribution in [2.45, 2.75) is 0 Å². The highest BCUT2D eigenvalue weighted by atomic mass is 15.1. The van der Waals surface area contributed by atoms with Crippen molar-refractivity contribution in [2.75, 3.05) is 0 Å². The number of benzene rings is 8. The lowest BCUT2D eigenvalue weighted by atomic mass is 9.97. The smallest absolute Gasteiger partial charge is 0.166 e. The molecule has 0 saturated heterocycles. The van der Waals surface area contributed by atoms with Crippen molar-refractivity contribution >= 4 is 32.6 Å². The third kappa shape index (κ3) is 4.66. The number of aromatic nitrogens is 4. The SMILES string of the molecule is c1ccc(-c2nc(-c3ccc(-c4ccc5c(c4)-c4cccc6cccc-5c46)cc3)nc(-c3ccccc3-n3c4ccccc4c4ccccc43)n2)cc1. The summed E-state index contributed by atoms with van der Waals surface area (Å²) in [6, 6.07) is 64.4. The van der Waals surface area contributed by atoms with Crippen LogP contribution in [0.25, 0.3) is 106 Å². The molecule has 1 aliphatic rings. The Bertz CT molecular complexity index is 2990. The van der Waals surface area contributed by atoms with Crippen LogP contribution in [-0.2, 0) is 0 Å². The molecule has 4 nitrogen and oxygen atoms in total. The molecule has 0 amide bonds. The molecule has 0 fully saturated rings. The van der Waals surface area contributed by atoms with Crippen LogP contribution >= 0.6 is 0 Å². The highest BCUT2D eigenvalue weighted by Crippen LogP contribution is 2.48. The molecule has 53 heavy (non-hydrogen) atoms. The van der Waals surface area contributed by atoms with Gasteiger partial charge in [-0.15, -0.1) is 0 Å². The van der Waals surface area contributed by atoms with E-state index in [4.69, 9.17) is 15.0 Å². The summed E-state index contributed by atoms with van der Waals surface area (Å²) in [6.07, 6.45) is 0. The maximum Gasteiger partial charge on any atom is 0.166 e. The van der Waals surface area contributed by atoms with Gasteiger partial charge in [0, 0.05) is 27.5 Å². The zero-order valence-corrected chi connectivity index (χ0v) is 28.6. The second-order valence-electron chi connectivity index (χ2n) is 13.6. The van der Waals surface area contributed by atoms with Gasteiger partial charge in [-0.2, -0.15) is 0 Å². The summed E-state index contributed by atoms with van der Waals surface area (Å²) in [5, 5.41) is 5.05. The second-order valence-corrected chi connectivity index (χ2v) is 13.6. The minimum absolute atomic E-state index is 0.628. The first-order valence-electron chi connectivity index (χ1n) is 18.0. The average molecular weight is 675 g/mol. The zero-order valence-electron chi connectivity index (χ0n) is 28.6. The number of hydrogen-bond acceptors (Lipinski definition) is 3. The van der Waals surface area contributed by atoms with E-state index in [1.54, 1.807) is 0 Å². The van der Waals surface area contributed by atoms with E-state index in [0.29, 0.717) is 17.5 Å². The molecule has 0 bridgehead atoms. The van der Waals surface area contributed by atoms with Gasteiger partial charge in [0.1, 0.15) is 0 Å². The first kappa shape index (κ1) is 29.5. The van der Waals surface area contributed by atoms with Crippen molar-refractivity contribution in [1.29, 1.82) is 0 Å². The summed E-state index contributed by atoms with van der Waals surface area (Å²) >= 11 is 0. The van der Waals surface area contributed by atoms with E-state index in [1.165, 1.54) is 49.4 Å². The standard InChI is InChI=1S/C49H30N4/c1-2-12-33(13-3-1)47-50-48(34-26-24-31(25-27-34)35-28-29-36-39-19-10-14-32-15-11-20-40(46(32)39)42(36)30-35)52-49(51-47)41-18-6-9-23-45(41)53-43-21-7-4-16-37(43)38-17-5-8-22-44(38)53/h1-30H. The highest BCUT2D eigenvalue weighted by molar-refractivity contribution is 6.15. The van der Waals surface area contributed by atoms with Crippen LogP contribution < -0.4 is 0 Å². The molecule has 4 heteroatoms. The summed E-state index contributed by atoms with van der Waals surface area (Å²) in [5.74, 6) is 1.90. The molecule has 0 N–H and O–H groups in total. The van der Waals surface area contributed by atoms with Gasteiger partial charge in [0.2, 0.25) is 0 Å². The molecule has 0 spiro atoms. The monoisotopic (exact) mass is 674 g/mol. The maximum atomic E-state index is 5.19. The number of fused-ring (bicyclic) bond motifs is 6. The van der Waals surface area contributed by atoms with Crippen LogP contribution in [0.4, 0.5) is 0 Å². The first-order chi connectivity index (χ1) is 26.3. The Hall–Kier alpha value is -7.17. The summed E-state index contributed by atoms with van der Waals surface area (Å²) < 4.78 is 2.33. The molecule has 8 aromatic carbocycles. The molecule has 1 aliphatic carbocycles. The third-order valence-corrected chi connectivity index (χ3v) is 10.6. The second kappa shape index (κ2) is 11.7. The van der Waals surface area contributed by atoms with Crippen molar-refractivity contribution < 1.29 is 0 Å². The molecule has 0 radical (unpaired) electrons. The van der Waals surface area contributed by atoms with Gasteiger partial charge < -0.3 is 4.57 Å². The summed E-state index contributed by atoms with van der Waals surface area (Å²) in [7, 11) is 0. The molecular weight excluding hydrogens is 645 g/mol. The topological polar surface area (TPSA) is 43.6 Å². The lowest BCUT2D eigenvalue weighted by molar-refractivity contribution is 1.06. The van der Waals surface area contributed by atoms with E-state index in [-0.39, 0.29) is 0 Å². The lowest BCUT2D eigenvalue weighted by Crippen LogP contribution is -2.03. The number of para-hydroxylation sites is 3. The Morgan fingerprint density at radius 3 is 1.57 bits per heavy atom. The van der Waals surface area contributed by atoms with E-state index in [1.807, 2.05) is 18.2 Å². The molecule has 246 valence electrons. The summed E-state index contributed by atoms with van der Waals surface area (Å²) in [6.45, 7) is 0. The fourth-order valence-corrected chi connectivity index (χ4v) is 8.16. The van der Waals surface area contributed by atoms with Crippen LogP contribution in [0.2, 0.25) is 0 Å². The zero-order chi connectivity index (χ0) is 34.9. The minimum atomic E-state index is 0.628. The van der Waals surface area contributed by atoms with Gasteiger partial charge in [-0.1, -0.05) is 152 Å². The molecule has 0 unspecified atom stereocenters. The van der Waals surface area contributed by atoms with E-state index in [2.05, 4.69) is 168 Å². The molecule has 2 aromatic heterocycles. The van der Waals surface area contributed by atoms with Gasteiger partial charge in [-0.25, -0.2) is 15.0 Å².